The Balaban J connectivity index is 1.18. The first-order valence-electron chi connectivity index (χ1n) is 25.7. The van der Waals surface area contributed by atoms with Crippen molar-refractivity contribution in [3.8, 4) is 11.1 Å². The largest absolute Gasteiger partial charge is 0.311 e. The van der Waals surface area contributed by atoms with Gasteiger partial charge in [0.15, 0.2) is 0 Å². The average molecular weight is 912 g/mol. The van der Waals surface area contributed by atoms with Gasteiger partial charge in [-0.25, -0.2) is 0 Å². The summed E-state index contributed by atoms with van der Waals surface area (Å²) in [6.45, 7) is 26.7. The summed E-state index contributed by atoms with van der Waals surface area (Å²) in [5, 5.41) is 0. The smallest absolute Gasteiger partial charge is 0.252 e. The summed E-state index contributed by atoms with van der Waals surface area (Å²) < 4.78 is 0. The van der Waals surface area contributed by atoms with Gasteiger partial charge < -0.3 is 14.7 Å². The van der Waals surface area contributed by atoms with Gasteiger partial charge in [0.1, 0.15) is 0 Å². The minimum atomic E-state index is -0.000745. The molecule has 0 amide bonds. The topological polar surface area (TPSA) is 9.72 Å². The standard InChI is InChI=1S/C66H66BN3/c1-42-33-60-62-61(34-42)70(57-39-53-50(36-44(57)3)65(8,9)41-66(53,10)11)59-40-52-51(63(4,5)31-32-64(52,6)7)38-55(59)67(62)54-29-28-49(68(47-23-17-13-18-24-47)48-25-19-14-20-26-48)37-58(54)69(60)56-30-27-46(35-43(56)2)45-21-15-12-16-22-45/h12-30,33-40H,31-32,41H2,1-11H3. The van der Waals surface area contributed by atoms with E-state index < -0.39 is 0 Å². The molecule has 0 spiro atoms. The number of hydrogen-bond donors (Lipinski definition) is 0. The fourth-order valence-electron chi connectivity index (χ4n) is 13.5. The fraction of sp³-hybridized carbons (Fsp3) is 0.273. The van der Waals surface area contributed by atoms with E-state index in [9.17, 15) is 0 Å². The minimum absolute atomic E-state index is 0.000745. The van der Waals surface area contributed by atoms with Crippen LogP contribution in [0.15, 0.2) is 164 Å². The zero-order valence-electron chi connectivity index (χ0n) is 43.1. The highest BCUT2D eigenvalue weighted by atomic mass is 15.2. The maximum atomic E-state index is 2.71. The summed E-state index contributed by atoms with van der Waals surface area (Å²) in [6, 6.07) is 62.4. The van der Waals surface area contributed by atoms with Crippen molar-refractivity contribution < 1.29 is 0 Å². The molecular formula is C66H66BN3. The van der Waals surface area contributed by atoms with Crippen molar-refractivity contribution in [3.63, 3.8) is 0 Å². The van der Waals surface area contributed by atoms with Crippen LogP contribution in [0.2, 0.25) is 0 Å². The molecule has 348 valence electrons. The highest BCUT2D eigenvalue weighted by Crippen LogP contribution is 2.55. The zero-order valence-corrected chi connectivity index (χ0v) is 43.1. The van der Waals surface area contributed by atoms with Gasteiger partial charge in [-0.3, -0.25) is 0 Å². The number of benzene rings is 8. The number of anilines is 9. The van der Waals surface area contributed by atoms with Crippen molar-refractivity contribution in [2.24, 2.45) is 0 Å². The zero-order chi connectivity index (χ0) is 48.6. The number of rotatable bonds is 6. The first-order valence-corrected chi connectivity index (χ1v) is 25.7. The van der Waals surface area contributed by atoms with Crippen LogP contribution in [0, 0.1) is 20.8 Å². The van der Waals surface area contributed by atoms with Crippen molar-refractivity contribution in [2.75, 3.05) is 14.7 Å². The first-order chi connectivity index (χ1) is 33.4. The Bertz CT molecular complexity index is 3360. The predicted octanol–water partition coefficient (Wildman–Crippen LogP) is 16.1. The maximum absolute atomic E-state index is 2.71. The number of nitrogens with zero attached hydrogens (tertiary/aromatic N) is 3. The lowest BCUT2D eigenvalue weighted by Gasteiger charge is -2.48. The molecule has 70 heavy (non-hydrogen) atoms. The van der Waals surface area contributed by atoms with E-state index in [1.165, 1.54) is 107 Å². The minimum Gasteiger partial charge on any atom is -0.311 e. The monoisotopic (exact) mass is 912 g/mol. The number of aryl methyl sites for hydroxylation is 3. The van der Waals surface area contributed by atoms with Crippen LogP contribution >= 0.6 is 0 Å². The lowest BCUT2D eigenvalue weighted by molar-refractivity contribution is 0.332. The van der Waals surface area contributed by atoms with E-state index in [0.29, 0.717) is 0 Å². The number of hydrogen-bond acceptors (Lipinski definition) is 3. The van der Waals surface area contributed by atoms with Crippen molar-refractivity contribution >= 4 is 74.3 Å². The van der Waals surface area contributed by atoms with E-state index in [4.69, 9.17) is 0 Å². The van der Waals surface area contributed by atoms with Gasteiger partial charge in [0.05, 0.1) is 0 Å². The molecule has 0 bridgehead atoms. The molecule has 3 nitrogen and oxygen atoms in total. The van der Waals surface area contributed by atoms with Gasteiger partial charge in [-0.15, -0.1) is 0 Å². The third-order valence-corrected chi connectivity index (χ3v) is 16.9. The SMILES string of the molecule is Cc1cc2c3c(c1)N(c1cc4c(cc1C)C(C)(C)CC4(C)C)c1cc4c(cc1B3c1ccc(N(c3ccccc3)c3ccccc3)cc1N2c1ccc(-c2ccccc2)cc1C)C(C)(C)CCC4(C)C. The summed E-state index contributed by atoms with van der Waals surface area (Å²) >= 11 is 0. The van der Waals surface area contributed by atoms with Gasteiger partial charge in [0.25, 0.3) is 6.71 Å². The molecule has 8 aromatic rings. The highest BCUT2D eigenvalue weighted by molar-refractivity contribution is 7.00. The molecule has 12 rings (SSSR count). The second kappa shape index (κ2) is 15.6. The Labute approximate surface area is 417 Å². The van der Waals surface area contributed by atoms with Crippen LogP contribution in [-0.4, -0.2) is 6.71 Å². The van der Waals surface area contributed by atoms with Crippen LogP contribution < -0.4 is 31.1 Å². The molecular weight excluding hydrogens is 846 g/mol. The Hall–Kier alpha value is -6.78. The molecule has 0 radical (unpaired) electrons. The van der Waals surface area contributed by atoms with Crippen LogP contribution in [0.5, 0.6) is 0 Å². The van der Waals surface area contributed by atoms with E-state index in [-0.39, 0.29) is 28.4 Å². The van der Waals surface area contributed by atoms with Gasteiger partial charge in [-0.05, 0) is 201 Å². The van der Waals surface area contributed by atoms with Crippen molar-refractivity contribution in [3.05, 3.63) is 203 Å². The summed E-state index contributed by atoms with van der Waals surface area (Å²) in [4.78, 5) is 7.75. The van der Waals surface area contributed by atoms with E-state index in [0.717, 1.165) is 29.9 Å². The summed E-state index contributed by atoms with van der Waals surface area (Å²) in [5.74, 6) is 0. The van der Waals surface area contributed by atoms with Crippen LogP contribution in [0.3, 0.4) is 0 Å². The molecule has 0 saturated carbocycles. The van der Waals surface area contributed by atoms with E-state index >= 15 is 0 Å². The Morgan fingerprint density at radius 1 is 0.386 bits per heavy atom. The van der Waals surface area contributed by atoms with Gasteiger partial charge in [0.2, 0.25) is 0 Å². The summed E-state index contributed by atoms with van der Waals surface area (Å²) in [6.07, 6.45) is 3.46. The van der Waals surface area contributed by atoms with Crippen LogP contribution in [0.25, 0.3) is 11.1 Å². The van der Waals surface area contributed by atoms with Crippen LogP contribution in [0.4, 0.5) is 51.2 Å². The highest BCUT2D eigenvalue weighted by Gasteiger charge is 2.48. The van der Waals surface area contributed by atoms with E-state index in [2.05, 4.69) is 255 Å². The fourth-order valence-corrected chi connectivity index (χ4v) is 13.5. The molecule has 0 saturated heterocycles. The molecule has 0 fully saturated rings. The second-order valence-electron chi connectivity index (χ2n) is 23.8. The molecule has 4 aliphatic rings. The van der Waals surface area contributed by atoms with E-state index in [1.807, 2.05) is 0 Å². The third kappa shape index (κ3) is 6.84. The second-order valence-corrected chi connectivity index (χ2v) is 23.8. The molecule has 2 heterocycles. The van der Waals surface area contributed by atoms with Crippen LogP contribution in [0.1, 0.15) is 114 Å². The van der Waals surface area contributed by atoms with Gasteiger partial charge in [-0.1, -0.05) is 146 Å². The quantitative estimate of drug-likeness (QED) is 0.154. The van der Waals surface area contributed by atoms with Gasteiger partial charge >= 0.3 is 0 Å². The number of para-hydroxylation sites is 2. The summed E-state index contributed by atoms with van der Waals surface area (Å²) in [7, 11) is 0. The molecule has 2 aliphatic carbocycles. The third-order valence-electron chi connectivity index (χ3n) is 16.9. The molecule has 0 atom stereocenters. The molecule has 8 aromatic carbocycles. The Morgan fingerprint density at radius 2 is 0.886 bits per heavy atom. The molecule has 2 aliphatic heterocycles. The van der Waals surface area contributed by atoms with Crippen molar-refractivity contribution in [2.45, 2.75) is 117 Å². The lowest BCUT2D eigenvalue weighted by Crippen LogP contribution is -2.62. The first kappa shape index (κ1) is 44.4. The van der Waals surface area contributed by atoms with Crippen LogP contribution in [-0.2, 0) is 21.7 Å². The van der Waals surface area contributed by atoms with Gasteiger partial charge in [-0.2, -0.15) is 0 Å². The molecule has 0 aromatic heterocycles. The Kier molecular flexibility index (Phi) is 9.91. The number of fused-ring (bicyclic) bond motifs is 6. The normalized spacial score (nSPS) is 17.3. The van der Waals surface area contributed by atoms with Gasteiger partial charge in [0, 0.05) is 51.2 Å². The maximum Gasteiger partial charge on any atom is 0.252 e. The van der Waals surface area contributed by atoms with Crippen molar-refractivity contribution in [1.29, 1.82) is 0 Å². The lowest BCUT2D eigenvalue weighted by atomic mass is 9.33. The van der Waals surface area contributed by atoms with Crippen molar-refractivity contribution in [1.82, 2.24) is 0 Å². The van der Waals surface area contributed by atoms with E-state index in [1.54, 1.807) is 0 Å². The average Bonchev–Trinajstić information content (AvgIpc) is 3.52. The molecule has 0 N–H and O–H groups in total. The summed E-state index contributed by atoms with van der Waals surface area (Å²) in [5.41, 5.74) is 27.5. The molecule has 4 heteroatoms. The predicted molar refractivity (Wildman–Crippen MR) is 301 cm³/mol. The Morgan fingerprint density at radius 3 is 1.49 bits per heavy atom. The molecule has 0 unspecified atom stereocenters.